The lowest BCUT2D eigenvalue weighted by molar-refractivity contribution is -0.118. The molecule has 40 heavy (non-hydrogen) atoms. The molecule has 1 aliphatic carbocycles. The Morgan fingerprint density at radius 1 is 0.875 bits per heavy atom. The van der Waals surface area contributed by atoms with E-state index in [2.05, 4.69) is 31.3 Å². The van der Waals surface area contributed by atoms with E-state index in [0.29, 0.717) is 17.9 Å². The highest BCUT2D eigenvalue weighted by Crippen LogP contribution is 2.53. The van der Waals surface area contributed by atoms with Gasteiger partial charge in [0, 0.05) is 40.3 Å². The Balaban J connectivity index is 1.68. The second-order valence-electron chi connectivity index (χ2n) is 11.1. The summed E-state index contributed by atoms with van der Waals surface area (Å²) in [6.45, 7) is 4.28. The van der Waals surface area contributed by atoms with E-state index < -0.39 is 5.92 Å². The summed E-state index contributed by atoms with van der Waals surface area (Å²) < 4.78 is 18.9. The highest BCUT2D eigenvalue weighted by Gasteiger charge is 2.44. The van der Waals surface area contributed by atoms with Crippen LogP contribution in [-0.4, -0.2) is 36.9 Å². The van der Waals surface area contributed by atoms with Gasteiger partial charge in [-0.1, -0.05) is 44.2 Å². The maximum Gasteiger partial charge on any atom is 0.162 e. The molecule has 0 spiro atoms. The first-order valence-electron chi connectivity index (χ1n) is 13.4. The molecule has 7 nitrogen and oxygen atoms in total. The first-order valence-corrected chi connectivity index (χ1v) is 13.4. The fourth-order valence-corrected chi connectivity index (χ4v) is 5.99. The number of nitrogens with zero attached hydrogens (tertiary/aromatic N) is 2. The second-order valence-corrected chi connectivity index (χ2v) is 11.1. The van der Waals surface area contributed by atoms with E-state index in [4.69, 9.17) is 19.3 Å². The number of ketones is 1. The van der Waals surface area contributed by atoms with Gasteiger partial charge in [-0.15, -0.1) is 0 Å². The summed E-state index contributed by atoms with van der Waals surface area (Å²) in [5.41, 5.74) is 5.98. The van der Waals surface area contributed by atoms with Crippen molar-refractivity contribution in [2.45, 2.75) is 32.6 Å². The average molecular weight is 536 g/mol. The topological polar surface area (TPSA) is 74.6 Å². The molecular formula is C33H33N3O4. The monoisotopic (exact) mass is 535 g/mol. The van der Waals surface area contributed by atoms with Crippen LogP contribution in [0, 0.1) is 5.41 Å². The van der Waals surface area contributed by atoms with Crippen molar-refractivity contribution < 1.29 is 19.0 Å². The van der Waals surface area contributed by atoms with Gasteiger partial charge in [0.05, 0.1) is 32.7 Å². The standard InChI is InChI=1S/C33H33N3O4/c1-33(2)18-25-29(26(37)19-33)28(24-17-23(39-4)15-16-27(24)40-5)30-31(20-9-7-6-8-10-20)35-36(32(30)34-25)21-11-13-22(38-3)14-12-21/h6-17,28,34H,18-19H2,1-5H3. The molecule has 1 aromatic heterocycles. The highest BCUT2D eigenvalue weighted by atomic mass is 16.5. The van der Waals surface area contributed by atoms with Crippen LogP contribution in [-0.2, 0) is 4.79 Å². The number of carbonyl (C=O) groups excluding carboxylic acids is 1. The zero-order chi connectivity index (χ0) is 28.0. The van der Waals surface area contributed by atoms with Crippen molar-refractivity contribution in [3.8, 4) is 34.2 Å². The third-order valence-corrected chi connectivity index (χ3v) is 7.80. The molecule has 2 heterocycles. The molecule has 4 aromatic rings. The normalized spacial score (nSPS) is 17.5. The van der Waals surface area contributed by atoms with Crippen LogP contribution in [0.15, 0.2) is 84.1 Å². The minimum Gasteiger partial charge on any atom is -0.497 e. The van der Waals surface area contributed by atoms with Crippen LogP contribution < -0.4 is 19.5 Å². The predicted molar refractivity (Wildman–Crippen MR) is 156 cm³/mol. The number of rotatable bonds is 6. The Morgan fingerprint density at radius 3 is 2.25 bits per heavy atom. The van der Waals surface area contributed by atoms with Gasteiger partial charge in [-0.2, -0.15) is 5.10 Å². The van der Waals surface area contributed by atoms with Crippen molar-refractivity contribution in [2.75, 3.05) is 26.6 Å². The molecule has 1 unspecified atom stereocenters. The van der Waals surface area contributed by atoms with Crippen LogP contribution in [0.2, 0.25) is 0 Å². The number of anilines is 1. The van der Waals surface area contributed by atoms with Gasteiger partial charge in [0.25, 0.3) is 0 Å². The van der Waals surface area contributed by atoms with Crippen molar-refractivity contribution in [1.29, 1.82) is 0 Å². The molecule has 6 rings (SSSR count). The summed E-state index contributed by atoms with van der Waals surface area (Å²) >= 11 is 0. The second kappa shape index (κ2) is 9.90. The van der Waals surface area contributed by atoms with Crippen molar-refractivity contribution in [3.63, 3.8) is 0 Å². The van der Waals surface area contributed by atoms with Gasteiger partial charge in [0.1, 0.15) is 23.1 Å². The Bertz CT molecular complexity index is 1620. The molecule has 204 valence electrons. The van der Waals surface area contributed by atoms with Crippen molar-refractivity contribution >= 4 is 11.6 Å². The molecule has 2 aliphatic rings. The fourth-order valence-electron chi connectivity index (χ4n) is 5.99. The van der Waals surface area contributed by atoms with Crippen molar-refractivity contribution in [2.24, 2.45) is 5.41 Å². The van der Waals surface area contributed by atoms with Crippen LogP contribution in [0.5, 0.6) is 17.2 Å². The third kappa shape index (κ3) is 4.31. The molecule has 7 heteroatoms. The van der Waals surface area contributed by atoms with Crippen LogP contribution in [0.25, 0.3) is 16.9 Å². The molecule has 0 radical (unpaired) electrons. The van der Waals surface area contributed by atoms with Gasteiger partial charge in [0.2, 0.25) is 0 Å². The van der Waals surface area contributed by atoms with E-state index in [1.807, 2.05) is 65.3 Å². The van der Waals surface area contributed by atoms with Gasteiger partial charge in [-0.25, -0.2) is 4.68 Å². The highest BCUT2D eigenvalue weighted by molar-refractivity contribution is 6.02. The molecule has 0 amide bonds. The number of benzene rings is 3. The number of ether oxygens (including phenoxy) is 3. The maximum atomic E-state index is 14.0. The summed E-state index contributed by atoms with van der Waals surface area (Å²) in [7, 11) is 4.96. The molecular weight excluding hydrogens is 502 g/mol. The SMILES string of the molecule is COc1ccc(-n2nc(-c3ccccc3)c3c2NC2=C(C(=O)CC(C)(C)C2)C3c2cc(OC)ccc2OC)cc1. The lowest BCUT2D eigenvalue weighted by Gasteiger charge is -2.39. The van der Waals surface area contributed by atoms with Gasteiger partial charge in [-0.05, 0) is 54.3 Å². The number of hydrogen-bond donors (Lipinski definition) is 1. The summed E-state index contributed by atoms with van der Waals surface area (Å²) in [6.07, 6.45) is 1.21. The van der Waals surface area contributed by atoms with Crippen LogP contribution >= 0.6 is 0 Å². The molecule has 3 aromatic carbocycles. The number of carbonyl (C=O) groups is 1. The van der Waals surface area contributed by atoms with Crippen LogP contribution in [0.1, 0.15) is 43.7 Å². The fraction of sp³-hybridized carbons (Fsp3) is 0.273. The Morgan fingerprint density at radius 2 is 1.57 bits per heavy atom. The molecule has 0 fully saturated rings. The number of hydrogen-bond acceptors (Lipinski definition) is 6. The van der Waals surface area contributed by atoms with Gasteiger partial charge < -0.3 is 19.5 Å². The Hall–Kier alpha value is -4.52. The van der Waals surface area contributed by atoms with Crippen LogP contribution in [0.4, 0.5) is 5.82 Å². The first kappa shape index (κ1) is 25.7. The van der Waals surface area contributed by atoms with Gasteiger partial charge in [-0.3, -0.25) is 4.79 Å². The van der Waals surface area contributed by atoms with E-state index in [-0.39, 0.29) is 11.2 Å². The quantitative estimate of drug-likeness (QED) is 0.294. The minimum absolute atomic E-state index is 0.135. The van der Waals surface area contributed by atoms with Gasteiger partial charge >= 0.3 is 0 Å². The lowest BCUT2D eigenvalue weighted by Crippen LogP contribution is -2.34. The number of allylic oxidation sites excluding steroid dienone is 2. The number of nitrogens with one attached hydrogen (secondary N) is 1. The molecule has 0 bridgehead atoms. The van der Waals surface area contributed by atoms with Crippen molar-refractivity contribution in [3.05, 3.63) is 95.2 Å². The summed E-state index contributed by atoms with van der Waals surface area (Å²) in [6, 6.07) is 23.7. The van der Waals surface area contributed by atoms with Crippen LogP contribution in [0.3, 0.4) is 0 Å². The summed E-state index contributed by atoms with van der Waals surface area (Å²) in [4.78, 5) is 14.0. The van der Waals surface area contributed by atoms with E-state index in [9.17, 15) is 4.79 Å². The van der Waals surface area contributed by atoms with E-state index in [1.165, 1.54) is 0 Å². The average Bonchev–Trinajstić information content (AvgIpc) is 3.34. The zero-order valence-electron chi connectivity index (χ0n) is 23.4. The van der Waals surface area contributed by atoms with E-state index >= 15 is 0 Å². The molecule has 1 N–H and O–H groups in total. The third-order valence-electron chi connectivity index (χ3n) is 7.80. The Kier molecular flexibility index (Phi) is 6.37. The molecule has 1 aliphatic heterocycles. The zero-order valence-corrected chi connectivity index (χ0v) is 23.4. The first-order chi connectivity index (χ1) is 19.3. The summed E-state index contributed by atoms with van der Waals surface area (Å²) in [5.74, 6) is 2.73. The van der Waals surface area contributed by atoms with E-state index in [1.54, 1.807) is 21.3 Å². The van der Waals surface area contributed by atoms with Crippen molar-refractivity contribution in [1.82, 2.24) is 9.78 Å². The number of methoxy groups -OCH3 is 3. The number of Topliss-reactive ketones (excluding diaryl/α,β-unsaturated/α-hetero) is 1. The predicted octanol–water partition coefficient (Wildman–Crippen LogP) is 6.77. The Labute approximate surface area is 234 Å². The molecule has 1 atom stereocenters. The summed E-state index contributed by atoms with van der Waals surface area (Å²) in [5, 5.41) is 8.88. The maximum absolute atomic E-state index is 14.0. The lowest BCUT2D eigenvalue weighted by atomic mass is 9.68. The molecule has 0 saturated carbocycles. The smallest absolute Gasteiger partial charge is 0.162 e. The van der Waals surface area contributed by atoms with Gasteiger partial charge in [0.15, 0.2) is 5.78 Å². The van der Waals surface area contributed by atoms with E-state index in [0.717, 1.165) is 57.3 Å². The minimum atomic E-state index is -0.401. The largest absolute Gasteiger partial charge is 0.497 e. The molecule has 0 saturated heterocycles. The number of aromatic nitrogens is 2. The number of fused-ring (bicyclic) bond motifs is 1.